The van der Waals surface area contributed by atoms with E-state index in [4.69, 9.17) is 5.11 Å². The van der Waals surface area contributed by atoms with Crippen LogP contribution < -0.4 is 0 Å². The standard InChI is InChI=1S/C19H13N3O2/c23-19(24)15-9-14(10-20-11-15)12-5-7-13(8-6-12)18-21-16-3-1-2-4-17(16)22-18/h1-11H,(H,21,22)(H,23,24). The Balaban J connectivity index is 1.69. The number of imidazole rings is 1. The molecule has 5 nitrogen and oxygen atoms in total. The molecule has 0 atom stereocenters. The molecule has 2 heterocycles. The number of aromatic nitrogens is 3. The van der Waals surface area contributed by atoms with Crippen LogP contribution in [0.2, 0.25) is 0 Å². The Bertz CT molecular complexity index is 1000. The van der Waals surface area contributed by atoms with Gasteiger partial charge in [0.1, 0.15) is 5.82 Å². The average Bonchev–Trinajstić information content (AvgIpc) is 3.06. The molecule has 5 heteroatoms. The molecule has 0 saturated carbocycles. The zero-order valence-corrected chi connectivity index (χ0v) is 12.6. The minimum atomic E-state index is -0.983. The number of carbonyl (C=O) groups is 1. The second kappa shape index (κ2) is 5.62. The van der Waals surface area contributed by atoms with Gasteiger partial charge in [-0.05, 0) is 23.8 Å². The molecule has 0 aliphatic carbocycles. The van der Waals surface area contributed by atoms with E-state index in [-0.39, 0.29) is 5.56 Å². The van der Waals surface area contributed by atoms with Gasteiger partial charge in [-0.1, -0.05) is 36.4 Å². The van der Waals surface area contributed by atoms with Gasteiger partial charge < -0.3 is 10.1 Å². The molecule has 2 aromatic carbocycles. The molecule has 0 amide bonds. The van der Waals surface area contributed by atoms with Crippen molar-refractivity contribution in [2.75, 3.05) is 0 Å². The van der Waals surface area contributed by atoms with Crippen molar-refractivity contribution in [2.24, 2.45) is 0 Å². The van der Waals surface area contributed by atoms with Gasteiger partial charge in [0.15, 0.2) is 0 Å². The summed E-state index contributed by atoms with van der Waals surface area (Å²) >= 11 is 0. The van der Waals surface area contributed by atoms with Crippen molar-refractivity contribution < 1.29 is 9.90 Å². The van der Waals surface area contributed by atoms with Crippen molar-refractivity contribution in [2.45, 2.75) is 0 Å². The molecule has 116 valence electrons. The Labute approximate surface area is 137 Å². The van der Waals surface area contributed by atoms with E-state index < -0.39 is 5.97 Å². The van der Waals surface area contributed by atoms with Gasteiger partial charge in [0, 0.05) is 23.5 Å². The smallest absolute Gasteiger partial charge is 0.337 e. The van der Waals surface area contributed by atoms with Crippen LogP contribution in [0.5, 0.6) is 0 Å². The molecule has 2 aromatic heterocycles. The Hall–Kier alpha value is -3.47. The summed E-state index contributed by atoms with van der Waals surface area (Å²) in [5, 5.41) is 9.07. The van der Waals surface area contributed by atoms with Crippen molar-refractivity contribution >= 4 is 17.0 Å². The zero-order valence-electron chi connectivity index (χ0n) is 12.6. The number of para-hydroxylation sites is 2. The van der Waals surface area contributed by atoms with Crippen molar-refractivity contribution in [1.82, 2.24) is 15.0 Å². The van der Waals surface area contributed by atoms with Crippen molar-refractivity contribution in [3.8, 4) is 22.5 Å². The summed E-state index contributed by atoms with van der Waals surface area (Å²) < 4.78 is 0. The molecular formula is C19H13N3O2. The quantitative estimate of drug-likeness (QED) is 0.599. The summed E-state index contributed by atoms with van der Waals surface area (Å²) in [4.78, 5) is 22.9. The summed E-state index contributed by atoms with van der Waals surface area (Å²) in [6.07, 6.45) is 3.00. The number of nitrogens with zero attached hydrogens (tertiary/aromatic N) is 2. The maximum atomic E-state index is 11.1. The highest BCUT2D eigenvalue weighted by Crippen LogP contribution is 2.25. The first-order valence-electron chi connectivity index (χ1n) is 7.44. The summed E-state index contributed by atoms with van der Waals surface area (Å²) in [5.74, 6) is -0.177. The topological polar surface area (TPSA) is 78.9 Å². The fourth-order valence-corrected chi connectivity index (χ4v) is 2.62. The number of benzene rings is 2. The van der Waals surface area contributed by atoms with E-state index in [0.717, 1.165) is 33.5 Å². The molecule has 0 aliphatic heterocycles. The first-order valence-corrected chi connectivity index (χ1v) is 7.44. The zero-order chi connectivity index (χ0) is 16.5. The van der Waals surface area contributed by atoms with Crippen LogP contribution in [0.3, 0.4) is 0 Å². The van der Waals surface area contributed by atoms with E-state index in [1.54, 1.807) is 12.3 Å². The van der Waals surface area contributed by atoms with Gasteiger partial charge in [0.05, 0.1) is 16.6 Å². The number of nitrogens with one attached hydrogen (secondary N) is 1. The van der Waals surface area contributed by atoms with E-state index in [1.165, 1.54) is 6.20 Å². The van der Waals surface area contributed by atoms with Crippen molar-refractivity contribution in [3.63, 3.8) is 0 Å². The number of pyridine rings is 1. The SMILES string of the molecule is O=C(O)c1cncc(-c2ccc(-c3nc4ccccc4[nH]3)cc2)c1. The van der Waals surface area contributed by atoms with Gasteiger partial charge in [0.25, 0.3) is 0 Å². The van der Waals surface area contributed by atoms with Gasteiger partial charge in [-0.3, -0.25) is 4.98 Å². The molecule has 2 N–H and O–H groups in total. The van der Waals surface area contributed by atoms with Crippen LogP contribution >= 0.6 is 0 Å². The van der Waals surface area contributed by atoms with E-state index in [0.29, 0.717) is 0 Å². The Morgan fingerprint density at radius 2 is 1.67 bits per heavy atom. The van der Waals surface area contributed by atoms with Crippen LogP contribution in [0.1, 0.15) is 10.4 Å². The number of aromatic carboxylic acids is 1. The van der Waals surface area contributed by atoms with E-state index >= 15 is 0 Å². The van der Waals surface area contributed by atoms with Crippen LogP contribution in [-0.4, -0.2) is 26.0 Å². The Kier molecular flexibility index (Phi) is 3.31. The number of hydrogen-bond donors (Lipinski definition) is 2. The summed E-state index contributed by atoms with van der Waals surface area (Å²) in [6, 6.07) is 17.3. The molecule has 24 heavy (non-hydrogen) atoms. The first kappa shape index (κ1) is 14.1. The molecule has 0 unspecified atom stereocenters. The van der Waals surface area contributed by atoms with Crippen LogP contribution in [0.15, 0.2) is 67.0 Å². The average molecular weight is 315 g/mol. The second-order valence-corrected chi connectivity index (χ2v) is 5.45. The van der Waals surface area contributed by atoms with Gasteiger partial charge in [-0.25, -0.2) is 9.78 Å². The van der Waals surface area contributed by atoms with Crippen LogP contribution in [0, 0.1) is 0 Å². The van der Waals surface area contributed by atoms with Crippen LogP contribution in [0.25, 0.3) is 33.5 Å². The minimum absolute atomic E-state index is 0.175. The lowest BCUT2D eigenvalue weighted by molar-refractivity contribution is 0.0696. The van der Waals surface area contributed by atoms with Crippen molar-refractivity contribution in [3.05, 3.63) is 72.6 Å². The van der Waals surface area contributed by atoms with Gasteiger partial charge >= 0.3 is 5.97 Å². The fraction of sp³-hybridized carbons (Fsp3) is 0. The van der Waals surface area contributed by atoms with Crippen LogP contribution in [0.4, 0.5) is 0 Å². The van der Waals surface area contributed by atoms with E-state index in [1.807, 2.05) is 48.5 Å². The predicted molar refractivity (Wildman–Crippen MR) is 91.7 cm³/mol. The molecule has 0 bridgehead atoms. The molecule has 0 spiro atoms. The lowest BCUT2D eigenvalue weighted by Crippen LogP contribution is -1.97. The summed E-state index contributed by atoms with van der Waals surface area (Å²) in [7, 11) is 0. The highest BCUT2D eigenvalue weighted by molar-refractivity contribution is 5.89. The molecule has 0 aliphatic rings. The third-order valence-electron chi connectivity index (χ3n) is 3.87. The lowest BCUT2D eigenvalue weighted by atomic mass is 10.0. The summed E-state index contributed by atoms with van der Waals surface area (Å²) in [6.45, 7) is 0. The number of carboxylic acid groups (broad SMARTS) is 1. The monoisotopic (exact) mass is 315 g/mol. The third-order valence-corrected chi connectivity index (χ3v) is 3.87. The van der Waals surface area contributed by atoms with Crippen molar-refractivity contribution in [1.29, 1.82) is 0 Å². The van der Waals surface area contributed by atoms with Crippen LogP contribution in [-0.2, 0) is 0 Å². The number of fused-ring (bicyclic) bond motifs is 1. The minimum Gasteiger partial charge on any atom is -0.478 e. The lowest BCUT2D eigenvalue weighted by Gasteiger charge is -2.04. The number of rotatable bonds is 3. The van der Waals surface area contributed by atoms with E-state index in [2.05, 4.69) is 15.0 Å². The maximum absolute atomic E-state index is 11.1. The third kappa shape index (κ3) is 2.52. The van der Waals surface area contributed by atoms with Gasteiger partial charge in [0.2, 0.25) is 0 Å². The number of hydrogen-bond acceptors (Lipinski definition) is 3. The number of aromatic amines is 1. The molecule has 4 rings (SSSR count). The number of carboxylic acids is 1. The molecule has 4 aromatic rings. The largest absolute Gasteiger partial charge is 0.478 e. The van der Waals surface area contributed by atoms with Gasteiger partial charge in [-0.2, -0.15) is 0 Å². The molecule has 0 fully saturated rings. The molecular weight excluding hydrogens is 302 g/mol. The van der Waals surface area contributed by atoms with E-state index in [9.17, 15) is 4.79 Å². The maximum Gasteiger partial charge on any atom is 0.337 e. The Morgan fingerprint density at radius 3 is 2.42 bits per heavy atom. The van der Waals surface area contributed by atoms with Gasteiger partial charge in [-0.15, -0.1) is 0 Å². The second-order valence-electron chi connectivity index (χ2n) is 5.45. The fourth-order valence-electron chi connectivity index (χ4n) is 2.62. The molecule has 0 radical (unpaired) electrons. The highest BCUT2D eigenvalue weighted by atomic mass is 16.4. The highest BCUT2D eigenvalue weighted by Gasteiger charge is 2.08. The first-order chi connectivity index (χ1) is 11.7. The normalized spacial score (nSPS) is 10.8. The predicted octanol–water partition coefficient (Wildman–Crippen LogP) is 3.99. The summed E-state index contributed by atoms with van der Waals surface area (Å²) in [5.41, 5.74) is 4.74. The molecule has 0 saturated heterocycles. The number of H-pyrrole nitrogens is 1. The Morgan fingerprint density at radius 1 is 0.917 bits per heavy atom.